The molecule has 2 spiro atoms. The Bertz CT molecular complexity index is 1390. The molecular weight excluding hydrogens is 490 g/mol. The van der Waals surface area contributed by atoms with Crippen molar-refractivity contribution in [3.8, 4) is 0 Å². The summed E-state index contributed by atoms with van der Waals surface area (Å²) in [6.45, 7) is 7.67. The summed E-state index contributed by atoms with van der Waals surface area (Å²) < 4.78 is 35.1. The summed E-state index contributed by atoms with van der Waals surface area (Å²) in [4.78, 5) is 22.4. The topological polar surface area (TPSA) is 91.3 Å². The van der Waals surface area contributed by atoms with Crippen LogP contribution in [0.1, 0.15) is 44.6 Å². The van der Waals surface area contributed by atoms with Crippen molar-refractivity contribution in [1.29, 1.82) is 0 Å². The van der Waals surface area contributed by atoms with Gasteiger partial charge in [0.2, 0.25) is 5.95 Å². The molecule has 4 fully saturated rings. The second kappa shape index (κ2) is 8.41. The summed E-state index contributed by atoms with van der Waals surface area (Å²) >= 11 is 0. The lowest BCUT2D eigenvalue weighted by atomic mass is 9.79. The number of ether oxygens (including phenoxy) is 1. The van der Waals surface area contributed by atoms with Crippen LogP contribution in [0, 0.1) is 0 Å². The van der Waals surface area contributed by atoms with E-state index in [1.165, 1.54) is 6.42 Å². The first-order valence-corrected chi connectivity index (χ1v) is 13.4. The number of hydrogen-bond donors (Lipinski definition) is 2. The molecule has 9 nitrogen and oxygen atoms in total. The van der Waals surface area contributed by atoms with Gasteiger partial charge in [-0.1, -0.05) is 13.8 Å². The van der Waals surface area contributed by atoms with Gasteiger partial charge in [0.05, 0.1) is 18.7 Å². The van der Waals surface area contributed by atoms with E-state index in [0.717, 1.165) is 41.8 Å². The fourth-order valence-electron chi connectivity index (χ4n) is 6.20. The Kier molecular flexibility index (Phi) is 5.29. The summed E-state index contributed by atoms with van der Waals surface area (Å²) in [6.07, 6.45) is 7.30. The standard InChI is InChI=1S/C27H32F2N8O/c1-17(2)19-12-33-23(37-9-4-25(37)14-30-15-25)20-13-32-22(11-18(19)20)34-21-3-7-31-24(35-21)36-8-5-26(6-10-38-26)27(28,29)16-36/h3,7,11-13,17,30H,4-6,8-10,14-16H2,1-2H3,(H,31,32,34,35). The van der Waals surface area contributed by atoms with Crippen molar-refractivity contribution in [2.75, 3.05) is 54.4 Å². The van der Waals surface area contributed by atoms with Crippen molar-refractivity contribution < 1.29 is 13.5 Å². The minimum atomic E-state index is -2.94. The highest BCUT2D eigenvalue weighted by molar-refractivity contribution is 5.96. The Morgan fingerprint density at radius 2 is 1.87 bits per heavy atom. The highest BCUT2D eigenvalue weighted by Gasteiger charge is 2.61. The summed E-state index contributed by atoms with van der Waals surface area (Å²) in [7, 11) is 0. The van der Waals surface area contributed by atoms with Gasteiger partial charge in [0.15, 0.2) is 0 Å². The van der Waals surface area contributed by atoms with E-state index in [0.29, 0.717) is 37.1 Å². The van der Waals surface area contributed by atoms with Crippen LogP contribution >= 0.6 is 0 Å². The minimum absolute atomic E-state index is 0.184. The molecule has 0 radical (unpaired) electrons. The molecule has 38 heavy (non-hydrogen) atoms. The van der Waals surface area contributed by atoms with E-state index in [4.69, 9.17) is 14.7 Å². The molecule has 0 aromatic carbocycles. The number of fused-ring (bicyclic) bond motifs is 1. The molecular formula is C27H32F2N8O. The van der Waals surface area contributed by atoms with E-state index in [-0.39, 0.29) is 17.9 Å². The molecule has 4 aliphatic heterocycles. The third kappa shape index (κ3) is 3.54. The molecule has 1 unspecified atom stereocenters. The average Bonchev–Trinajstić information content (AvgIpc) is 2.81. The smallest absolute Gasteiger partial charge is 0.293 e. The molecule has 2 N–H and O–H groups in total. The zero-order chi connectivity index (χ0) is 26.1. The first-order chi connectivity index (χ1) is 18.3. The predicted molar refractivity (Wildman–Crippen MR) is 142 cm³/mol. The van der Waals surface area contributed by atoms with Crippen molar-refractivity contribution in [1.82, 2.24) is 25.3 Å². The number of piperidine rings is 1. The maximum Gasteiger partial charge on any atom is 0.293 e. The number of pyridine rings is 2. The monoisotopic (exact) mass is 522 g/mol. The zero-order valence-corrected chi connectivity index (χ0v) is 21.7. The maximum atomic E-state index is 14.9. The molecule has 0 amide bonds. The van der Waals surface area contributed by atoms with Crippen molar-refractivity contribution in [2.24, 2.45) is 0 Å². The molecule has 200 valence electrons. The van der Waals surface area contributed by atoms with Crippen LogP contribution in [0.4, 0.5) is 32.2 Å². The highest BCUT2D eigenvalue weighted by Crippen LogP contribution is 2.47. The van der Waals surface area contributed by atoms with Crippen LogP contribution in [0.25, 0.3) is 10.8 Å². The van der Waals surface area contributed by atoms with E-state index in [1.54, 1.807) is 17.2 Å². The number of nitrogens with zero attached hydrogens (tertiary/aromatic N) is 6. The van der Waals surface area contributed by atoms with Crippen LogP contribution in [-0.4, -0.2) is 76.3 Å². The quantitative estimate of drug-likeness (QED) is 0.519. The number of aromatic nitrogens is 4. The van der Waals surface area contributed by atoms with Gasteiger partial charge in [-0.2, -0.15) is 4.98 Å². The molecule has 11 heteroatoms. The number of nitrogens with one attached hydrogen (secondary N) is 2. The minimum Gasteiger partial charge on any atom is -0.368 e. The largest absolute Gasteiger partial charge is 0.368 e. The van der Waals surface area contributed by atoms with Gasteiger partial charge in [-0.05, 0) is 35.4 Å². The van der Waals surface area contributed by atoms with Gasteiger partial charge in [-0.15, -0.1) is 0 Å². The lowest BCUT2D eigenvalue weighted by molar-refractivity contribution is -0.276. The third-order valence-corrected chi connectivity index (χ3v) is 8.85. The van der Waals surface area contributed by atoms with Gasteiger partial charge in [-0.3, -0.25) is 0 Å². The molecule has 3 aromatic rings. The van der Waals surface area contributed by atoms with Crippen LogP contribution < -0.4 is 20.4 Å². The van der Waals surface area contributed by atoms with E-state index in [9.17, 15) is 8.78 Å². The van der Waals surface area contributed by atoms with Gasteiger partial charge in [-0.25, -0.2) is 23.7 Å². The normalized spacial score (nSPS) is 25.4. The lowest BCUT2D eigenvalue weighted by Crippen LogP contribution is -2.76. The van der Waals surface area contributed by atoms with Gasteiger partial charge < -0.3 is 25.2 Å². The number of anilines is 4. The van der Waals surface area contributed by atoms with Crippen LogP contribution in [0.15, 0.2) is 30.7 Å². The second-order valence-corrected chi connectivity index (χ2v) is 11.4. The van der Waals surface area contributed by atoms with Crippen molar-refractivity contribution in [3.05, 3.63) is 36.3 Å². The Balaban J connectivity index is 1.16. The number of hydrogen-bond acceptors (Lipinski definition) is 9. The summed E-state index contributed by atoms with van der Waals surface area (Å²) in [5.41, 5.74) is 0.0196. The van der Waals surface area contributed by atoms with E-state index < -0.39 is 18.1 Å². The van der Waals surface area contributed by atoms with Crippen LogP contribution in [0.3, 0.4) is 0 Å². The molecule has 1 atom stereocenters. The first kappa shape index (κ1) is 23.9. The Morgan fingerprint density at radius 3 is 2.50 bits per heavy atom. The summed E-state index contributed by atoms with van der Waals surface area (Å²) in [6, 6.07) is 3.76. The molecule has 0 saturated carbocycles. The molecule has 7 rings (SSSR count). The fraction of sp³-hybridized carbons (Fsp3) is 0.556. The van der Waals surface area contributed by atoms with Gasteiger partial charge in [0.25, 0.3) is 5.92 Å². The summed E-state index contributed by atoms with van der Waals surface area (Å²) in [5, 5.41) is 8.82. The van der Waals surface area contributed by atoms with Crippen LogP contribution in [0.5, 0.6) is 0 Å². The average molecular weight is 523 g/mol. The second-order valence-electron chi connectivity index (χ2n) is 11.4. The SMILES string of the molecule is CC(C)c1cnc(N2CCC23CNC3)c2cnc(Nc3ccnc(N4CCC5(CCO5)C(F)(F)C4)n3)cc12. The molecule has 0 aliphatic carbocycles. The van der Waals surface area contributed by atoms with Crippen LogP contribution in [-0.2, 0) is 4.74 Å². The van der Waals surface area contributed by atoms with Gasteiger partial charge in [0.1, 0.15) is 23.1 Å². The number of rotatable bonds is 5. The van der Waals surface area contributed by atoms with E-state index >= 15 is 0 Å². The molecule has 0 bridgehead atoms. The molecule has 4 saturated heterocycles. The zero-order valence-electron chi connectivity index (χ0n) is 21.7. The molecule has 4 aliphatic rings. The fourth-order valence-corrected chi connectivity index (χ4v) is 6.20. The van der Waals surface area contributed by atoms with E-state index in [2.05, 4.69) is 39.3 Å². The third-order valence-electron chi connectivity index (χ3n) is 8.85. The van der Waals surface area contributed by atoms with E-state index in [1.807, 2.05) is 18.5 Å². The molecule has 7 heterocycles. The van der Waals surface area contributed by atoms with Gasteiger partial charge in [0, 0.05) is 63.0 Å². The lowest BCUT2D eigenvalue weighted by Gasteiger charge is -2.59. The van der Waals surface area contributed by atoms with Crippen molar-refractivity contribution >= 4 is 34.2 Å². The highest BCUT2D eigenvalue weighted by atomic mass is 19.3. The Morgan fingerprint density at radius 1 is 1.03 bits per heavy atom. The number of halogens is 2. The summed E-state index contributed by atoms with van der Waals surface area (Å²) in [5.74, 6) is -0.251. The first-order valence-electron chi connectivity index (χ1n) is 13.4. The predicted octanol–water partition coefficient (Wildman–Crippen LogP) is 3.84. The molecule has 3 aromatic heterocycles. The Hall–Kier alpha value is -3.18. The van der Waals surface area contributed by atoms with Crippen molar-refractivity contribution in [2.45, 2.75) is 56.1 Å². The van der Waals surface area contributed by atoms with Crippen molar-refractivity contribution in [3.63, 3.8) is 0 Å². The maximum absolute atomic E-state index is 14.9. The van der Waals surface area contributed by atoms with Gasteiger partial charge >= 0.3 is 0 Å². The Labute approximate surface area is 220 Å². The number of alkyl halides is 2. The van der Waals surface area contributed by atoms with Crippen LogP contribution in [0.2, 0.25) is 0 Å².